The van der Waals surface area contributed by atoms with E-state index < -0.39 is 22.8 Å². The van der Waals surface area contributed by atoms with Crippen molar-refractivity contribution in [1.82, 2.24) is 0 Å². The first-order chi connectivity index (χ1) is 29.6. The van der Waals surface area contributed by atoms with E-state index >= 15 is 0 Å². The van der Waals surface area contributed by atoms with Crippen molar-refractivity contribution in [3.63, 3.8) is 0 Å². The summed E-state index contributed by atoms with van der Waals surface area (Å²) in [5, 5.41) is 31.5. The zero-order chi connectivity index (χ0) is 46.6. The minimum absolute atomic E-state index is 0. The second kappa shape index (κ2) is 19.5. The van der Waals surface area contributed by atoms with Crippen LogP contribution in [0, 0.1) is 120 Å². The van der Waals surface area contributed by atoms with Crippen LogP contribution in [0.3, 0.4) is 0 Å². The van der Waals surface area contributed by atoms with E-state index in [4.69, 9.17) is 0 Å². The normalized spacial score (nSPS) is 49.6. The van der Waals surface area contributed by atoms with Crippen LogP contribution < -0.4 is 0 Å². The molecule has 382 valence electrons. The van der Waals surface area contributed by atoms with Crippen molar-refractivity contribution in [1.29, 1.82) is 0 Å². The number of carboxylic acid groups (broad SMARTS) is 2. The van der Waals surface area contributed by atoms with Crippen molar-refractivity contribution in [2.75, 3.05) is 0 Å². The summed E-state index contributed by atoms with van der Waals surface area (Å²) in [6, 6.07) is 0. The fourth-order valence-corrected chi connectivity index (χ4v) is 19.6. The number of fused-ring (bicyclic) bond motifs is 14. The Balaban J connectivity index is 0.000000240. The van der Waals surface area contributed by atoms with E-state index in [0.29, 0.717) is 23.2 Å². The third-order valence-electron chi connectivity index (χ3n) is 24.5. The molecule has 68 heavy (non-hydrogen) atoms. The number of hydrogen-bond donors (Lipinski definition) is 3. The first-order valence-corrected chi connectivity index (χ1v) is 26.5. The van der Waals surface area contributed by atoms with Gasteiger partial charge in [0.05, 0.1) is 0 Å². The van der Waals surface area contributed by atoms with Gasteiger partial charge in [0.25, 0.3) is 11.9 Å². The molecule has 0 bridgehead atoms. The van der Waals surface area contributed by atoms with Gasteiger partial charge in [-0.05, 0) is 125 Å². The molecule has 9 heteroatoms. The Labute approximate surface area is 467 Å². The van der Waals surface area contributed by atoms with E-state index in [9.17, 15) is 24.9 Å². The zero-order valence-corrected chi connectivity index (χ0v) is 53.2. The number of aliphatic hydroxyl groups is 1. The number of rotatable bonds is 2. The predicted molar refractivity (Wildman–Crippen MR) is 258 cm³/mol. The number of allylic oxidation sites excluding steroid dienone is 4. The molecule has 0 aromatic rings. The molecule has 8 fully saturated rings. The Kier molecular flexibility index (Phi) is 17.1. The topological polar surface area (TPSA) is 94.8 Å². The molecule has 0 spiro atoms. The van der Waals surface area contributed by atoms with Gasteiger partial charge in [-0.15, -0.1) is 0 Å². The van der Waals surface area contributed by atoms with Gasteiger partial charge in [0.2, 0.25) is 0 Å². The van der Waals surface area contributed by atoms with Crippen LogP contribution in [0.1, 0.15) is 206 Å². The Morgan fingerprint density at radius 2 is 0.956 bits per heavy atom. The van der Waals surface area contributed by atoms with E-state index in [1.165, 1.54) is 49.2 Å². The fourth-order valence-electron chi connectivity index (χ4n) is 19.6. The van der Waals surface area contributed by atoms with Crippen LogP contribution in [0.2, 0.25) is 0 Å². The van der Waals surface area contributed by atoms with E-state index in [1.54, 1.807) is 5.92 Å². The molecule has 10 aliphatic rings. The smallest absolute Gasteiger partial charge is 0.279 e. The standard InChI is InChI=1S/C30H46O2.C29H44O3.2V.2W/c1-19-10-12-27(5)21(20(19)2)11-13-29(7)24(27)9-8-22-23-18-26(3,4)14-16-30(23,25(31)32)17-15-28(22,29)6;1-18-19-9-12-28(6)23(26(19,4)11-10-22(18)30)8-7-20-21-17-25(2,3)13-15-29(21,24(31)32)16-14-27(20,28)5;;;;/h8,17,19,21,23-24H,9-16,18H2,1-7H3,(H,31,32);7,16,19,21-23,30H,8-15,17H2,1-6H3,(H,31,32);;;;/q2*-2;;;;/t19-,21-,23?,24?,27?,28+,29-,30-;19-,21?,22-,23?,26?,27+,28-,29-;;;;/m00..../s1. The number of hydrogen-bond acceptors (Lipinski definition) is 3. The Morgan fingerprint density at radius 3 is 1.35 bits per heavy atom. The number of carboxylic acids is 2. The molecule has 0 amide bonds. The minimum Gasteiger partial charge on any atom is -0.483 e. The van der Waals surface area contributed by atoms with Gasteiger partial charge in [-0.2, -0.15) is 44.4 Å². The van der Waals surface area contributed by atoms with Gasteiger partial charge in [0.15, 0.2) is 0 Å². The summed E-state index contributed by atoms with van der Waals surface area (Å²) in [5.41, 5.74) is 3.29. The van der Waals surface area contributed by atoms with Crippen LogP contribution in [0.25, 0.3) is 0 Å². The number of aliphatic carboxylic acids is 2. The second-order valence-electron chi connectivity index (χ2n) is 27.9. The maximum Gasteiger partial charge on any atom is 0.279 e. The monoisotopic (exact) mass is 1350 g/mol. The Bertz CT molecular complexity index is 1850. The Morgan fingerprint density at radius 1 is 0.574 bits per heavy atom. The molecule has 0 aromatic carbocycles. The molecule has 0 aliphatic heterocycles. The molecular weight excluding hydrogens is 1260 g/mol. The quantitative estimate of drug-likeness (QED) is 0.189. The molecular formula is C59H90O5V2W2-4. The van der Waals surface area contributed by atoms with Crippen LogP contribution >= 0.6 is 0 Å². The van der Waals surface area contributed by atoms with Crippen LogP contribution in [0.4, 0.5) is 0 Å². The number of aliphatic hydroxyl groups excluding tert-OH is 1. The maximum atomic E-state index is 12.7. The van der Waals surface area contributed by atoms with Crippen LogP contribution in [-0.4, -0.2) is 33.4 Å². The third-order valence-corrected chi connectivity index (χ3v) is 24.5. The third kappa shape index (κ3) is 8.32. The van der Waals surface area contributed by atoms with Gasteiger partial charge in [0, 0.05) is 79.2 Å². The van der Waals surface area contributed by atoms with Crippen molar-refractivity contribution < 1.29 is 104 Å². The van der Waals surface area contributed by atoms with Gasteiger partial charge in [0.1, 0.15) is 0 Å². The molecule has 10 aliphatic carbocycles. The van der Waals surface area contributed by atoms with Crippen molar-refractivity contribution in [2.24, 2.45) is 95.6 Å². The van der Waals surface area contributed by atoms with Gasteiger partial charge in [-0.25, -0.2) is 0 Å². The van der Waals surface area contributed by atoms with Gasteiger partial charge < -0.3 is 34.1 Å². The molecule has 0 saturated heterocycles. The minimum atomic E-state index is -0.676. The van der Waals surface area contributed by atoms with E-state index in [1.807, 2.05) is 0 Å². The molecule has 10 rings (SSSR count). The predicted octanol–water partition coefficient (Wildman–Crippen LogP) is 14.5. The summed E-state index contributed by atoms with van der Waals surface area (Å²) in [6.07, 6.45) is 28.7. The molecule has 0 aromatic heterocycles. The fraction of sp³-hybridized carbons (Fsp3) is 0.831. The van der Waals surface area contributed by atoms with E-state index in [0.717, 1.165) is 95.3 Å². The SMILES string of the molecule is C[C-]1[C@@H](C)CCC2(C)C3CC=C4C5CC(C)(C)CC[C@]5(C(=O)O)[CH-]C[C@@]4(C)[C@@]3(C)CC[C@@H]12.C[C-]1[C@@H](O)CCC2(C)C3CC=C4C5CC(C)(C)CC[C@]5(C(=O)O)[CH-]C[C@@]4(C)[C@@]3(C)CC[C@@H]12.[V].[V].[W].[W]. The van der Waals surface area contributed by atoms with E-state index in [2.05, 4.69) is 115 Å². The average Bonchev–Trinajstić information content (AvgIpc) is 3.21. The van der Waals surface area contributed by atoms with Gasteiger partial charge >= 0.3 is 0 Å². The van der Waals surface area contributed by atoms with Crippen LogP contribution in [0.5, 0.6) is 0 Å². The van der Waals surface area contributed by atoms with Gasteiger partial charge in [-0.1, -0.05) is 161 Å². The molecule has 2 radical (unpaired) electrons. The van der Waals surface area contributed by atoms with Crippen molar-refractivity contribution in [3.05, 3.63) is 48.0 Å². The van der Waals surface area contributed by atoms with Crippen molar-refractivity contribution >= 4 is 11.9 Å². The molecule has 6 unspecified atom stereocenters. The summed E-state index contributed by atoms with van der Waals surface area (Å²) in [5.74, 6) is 5.54. The van der Waals surface area contributed by atoms with E-state index in [-0.39, 0.29) is 135 Å². The molecule has 8 saturated carbocycles. The number of carbonyl (C=O) groups is 2. The maximum absolute atomic E-state index is 12.7. The van der Waals surface area contributed by atoms with Gasteiger partial charge in [-0.3, -0.25) is 15.5 Å². The van der Waals surface area contributed by atoms with Crippen LogP contribution in [-0.2, 0) is 88.8 Å². The Hall–Kier alpha value is 0.925. The summed E-state index contributed by atoms with van der Waals surface area (Å²) in [4.78, 5) is 25.4. The largest absolute Gasteiger partial charge is 0.483 e. The van der Waals surface area contributed by atoms with Crippen molar-refractivity contribution in [3.8, 4) is 0 Å². The molecule has 16 atom stereocenters. The first-order valence-electron chi connectivity index (χ1n) is 26.5. The molecule has 5 nitrogen and oxygen atoms in total. The molecule has 0 heterocycles. The second-order valence-corrected chi connectivity index (χ2v) is 27.9. The summed E-state index contributed by atoms with van der Waals surface area (Å²) >= 11 is 0. The summed E-state index contributed by atoms with van der Waals surface area (Å²) in [7, 11) is 0. The zero-order valence-electron chi connectivity index (χ0n) is 44.5. The first kappa shape index (κ1) is 59.8. The van der Waals surface area contributed by atoms with Crippen LogP contribution in [0.15, 0.2) is 23.3 Å². The molecule has 3 N–H and O–H groups in total. The summed E-state index contributed by atoms with van der Waals surface area (Å²) < 4.78 is 0. The van der Waals surface area contributed by atoms with Crippen molar-refractivity contribution in [2.45, 2.75) is 212 Å². The average molecular weight is 1350 g/mol. The summed E-state index contributed by atoms with van der Waals surface area (Å²) in [6.45, 7) is 31.7.